The van der Waals surface area contributed by atoms with Crippen molar-refractivity contribution in [3.63, 3.8) is 0 Å². The van der Waals surface area contributed by atoms with Crippen molar-refractivity contribution in [2.75, 3.05) is 14.1 Å². The monoisotopic (exact) mass is 460 g/mol. The minimum atomic E-state index is -0.259. The molecule has 2 heterocycles. The van der Waals surface area contributed by atoms with Gasteiger partial charge in [-0.05, 0) is 106 Å². The first-order valence-electron chi connectivity index (χ1n) is 11.9. The van der Waals surface area contributed by atoms with E-state index in [1.165, 1.54) is 4.90 Å². The van der Waals surface area contributed by atoms with E-state index < -0.39 is 0 Å². The van der Waals surface area contributed by atoms with Crippen molar-refractivity contribution in [1.29, 1.82) is 0 Å². The summed E-state index contributed by atoms with van der Waals surface area (Å²) < 4.78 is 0. The molecule has 5 aromatic rings. The Morgan fingerprint density at radius 3 is 1.40 bits per heavy atom. The zero-order valence-corrected chi connectivity index (χ0v) is 20.6. The van der Waals surface area contributed by atoms with E-state index in [9.17, 15) is 14.4 Å². The van der Waals surface area contributed by atoms with Gasteiger partial charge in [-0.15, -0.1) is 0 Å². The predicted octanol–water partition coefficient (Wildman–Crippen LogP) is 5.78. The summed E-state index contributed by atoms with van der Waals surface area (Å²) in [4.78, 5) is 42.7. The number of benzene rings is 5. The average molecular weight is 461 g/mol. The molecule has 5 heteroatoms. The van der Waals surface area contributed by atoms with Gasteiger partial charge in [0.1, 0.15) is 0 Å². The van der Waals surface area contributed by atoms with Crippen molar-refractivity contribution in [3.8, 4) is 0 Å². The van der Waals surface area contributed by atoms with Crippen LogP contribution in [0, 0.1) is 27.7 Å². The van der Waals surface area contributed by atoms with Crippen LogP contribution in [0.2, 0.25) is 0 Å². The maximum Gasteiger partial charge on any atom is 0.261 e. The molecule has 0 bridgehead atoms. The van der Waals surface area contributed by atoms with Crippen molar-refractivity contribution in [2.45, 2.75) is 34.2 Å². The molecule has 7 rings (SSSR count). The fraction of sp³-hybridized carbons (Fsp3) is 0.233. The van der Waals surface area contributed by atoms with Crippen LogP contribution in [0.5, 0.6) is 0 Å². The highest BCUT2D eigenvalue weighted by atomic mass is 16.2. The Hall–Kier alpha value is -3.99. The van der Waals surface area contributed by atoms with Gasteiger partial charge in [0.15, 0.2) is 0 Å². The second-order valence-electron chi connectivity index (χ2n) is 10.4. The third-order valence-corrected chi connectivity index (χ3v) is 8.23. The van der Waals surface area contributed by atoms with Gasteiger partial charge >= 0.3 is 0 Å². The lowest BCUT2D eigenvalue weighted by atomic mass is 9.77. The first-order valence-corrected chi connectivity index (χ1v) is 11.9. The van der Waals surface area contributed by atoms with E-state index in [1.54, 1.807) is 11.9 Å². The van der Waals surface area contributed by atoms with Gasteiger partial charge in [0.25, 0.3) is 17.7 Å². The molecule has 0 atom stereocenters. The molecule has 2 aliphatic heterocycles. The molecule has 5 aromatic carbocycles. The molecule has 35 heavy (non-hydrogen) atoms. The minimum Gasteiger partial charge on any atom is -0.337 e. The number of carbonyl (C=O) groups excluding carboxylic acids is 3. The van der Waals surface area contributed by atoms with Crippen LogP contribution in [0.3, 0.4) is 0 Å². The lowest BCUT2D eigenvalue weighted by molar-refractivity contribution is 0.0650. The molecule has 0 spiro atoms. The summed E-state index contributed by atoms with van der Waals surface area (Å²) >= 11 is 0. The third kappa shape index (κ3) is 2.18. The number of fused-ring (bicyclic) bond motifs is 2. The average Bonchev–Trinajstić information content (AvgIpc) is 2.81. The van der Waals surface area contributed by atoms with Gasteiger partial charge in [-0.25, -0.2) is 0 Å². The summed E-state index contributed by atoms with van der Waals surface area (Å²) in [5.41, 5.74) is 7.28. The Bertz CT molecular complexity index is 1820. The fourth-order valence-electron chi connectivity index (χ4n) is 6.82. The normalized spacial score (nSPS) is 15.7. The summed E-state index contributed by atoms with van der Waals surface area (Å²) in [7, 11) is 3.41. The maximum absolute atomic E-state index is 13.2. The van der Waals surface area contributed by atoms with Crippen LogP contribution >= 0.6 is 0 Å². The summed E-state index contributed by atoms with van der Waals surface area (Å²) in [5, 5.41) is 8.31. The molecule has 2 aliphatic rings. The molecule has 0 saturated heterocycles. The van der Waals surface area contributed by atoms with Crippen molar-refractivity contribution >= 4 is 60.8 Å². The molecule has 0 saturated carbocycles. The quantitative estimate of drug-likeness (QED) is 0.167. The summed E-state index contributed by atoms with van der Waals surface area (Å²) in [6.07, 6.45) is 0. The molecular formula is C30H24N2O3. The number of hydrogen-bond acceptors (Lipinski definition) is 3. The topological polar surface area (TPSA) is 57.7 Å². The Labute approximate surface area is 202 Å². The largest absolute Gasteiger partial charge is 0.337 e. The van der Waals surface area contributed by atoms with Gasteiger partial charge < -0.3 is 4.90 Å². The minimum absolute atomic E-state index is 0.0469. The van der Waals surface area contributed by atoms with E-state index >= 15 is 0 Å². The Morgan fingerprint density at radius 2 is 0.914 bits per heavy atom. The van der Waals surface area contributed by atoms with Crippen LogP contribution in [0.4, 0.5) is 0 Å². The summed E-state index contributed by atoms with van der Waals surface area (Å²) in [5.74, 6) is -0.471. The molecule has 5 nitrogen and oxygen atoms in total. The van der Waals surface area contributed by atoms with Gasteiger partial charge in [-0.2, -0.15) is 0 Å². The van der Waals surface area contributed by atoms with Gasteiger partial charge in [0.2, 0.25) is 0 Å². The molecule has 0 radical (unpaired) electrons. The van der Waals surface area contributed by atoms with Gasteiger partial charge in [0, 0.05) is 48.1 Å². The highest BCUT2D eigenvalue weighted by molar-refractivity contribution is 6.41. The highest BCUT2D eigenvalue weighted by Crippen LogP contribution is 2.50. The molecule has 172 valence electrons. The van der Waals surface area contributed by atoms with E-state index in [1.807, 2.05) is 39.1 Å². The van der Waals surface area contributed by atoms with Crippen molar-refractivity contribution in [1.82, 2.24) is 9.80 Å². The van der Waals surface area contributed by atoms with E-state index in [0.29, 0.717) is 17.7 Å². The number of aryl methyl sites for hydroxylation is 4. The smallest absolute Gasteiger partial charge is 0.261 e. The second-order valence-corrected chi connectivity index (χ2v) is 10.4. The summed E-state index contributed by atoms with van der Waals surface area (Å²) in [6, 6.07) is 8.11. The van der Waals surface area contributed by atoms with Gasteiger partial charge in [-0.1, -0.05) is 6.07 Å². The number of nitrogens with zero attached hydrogens (tertiary/aromatic N) is 2. The molecule has 0 unspecified atom stereocenters. The number of amides is 3. The zero-order valence-electron chi connectivity index (χ0n) is 20.6. The number of imide groups is 1. The van der Waals surface area contributed by atoms with Crippen LogP contribution in [-0.2, 0) is 6.54 Å². The number of hydrogen-bond donors (Lipinski definition) is 0. The first-order chi connectivity index (χ1) is 16.6. The van der Waals surface area contributed by atoms with Crippen molar-refractivity contribution in [2.24, 2.45) is 0 Å². The zero-order chi connectivity index (χ0) is 24.7. The molecule has 0 N–H and O–H groups in total. The molecule has 3 amide bonds. The van der Waals surface area contributed by atoms with Crippen LogP contribution in [-0.4, -0.2) is 41.6 Å². The first kappa shape index (κ1) is 20.4. The van der Waals surface area contributed by atoms with Gasteiger partial charge in [-0.3, -0.25) is 19.3 Å². The molecule has 0 aliphatic carbocycles. The lowest BCUT2D eigenvalue weighted by Gasteiger charge is -2.31. The molecule has 0 aromatic heterocycles. The van der Waals surface area contributed by atoms with Crippen LogP contribution in [0.25, 0.3) is 43.1 Å². The Morgan fingerprint density at radius 1 is 0.514 bits per heavy atom. The number of rotatable bonds is 0. The highest BCUT2D eigenvalue weighted by Gasteiger charge is 2.35. The maximum atomic E-state index is 13.2. The summed E-state index contributed by atoms with van der Waals surface area (Å²) in [6.45, 7) is 8.87. The Balaban J connectivity index is 1.88. The van der Waals surface area contributed by atoms with E-state index in [0.717, 1.165) is 76.5 Å². The predicted molar refractivity (Wildman–Crippen MR) is 139 cm³/mol. The molecule has 0 fully saturated rings. The van der Waals surface area contributed by atoms with E-state index in [4.69, 9.17) is 0 Å². The van der Waals surface area contributed by atoms with Crippen LogP contribution in [0.1, 0.15) is 58.9 Å². The lowest BCUT2D eigenvalue weighted by Crippen LogP contribution is -2.37. The molecular weight excluding hydrogens is 436 g/mol. The SMILES string of the molecule is Cc1cc2c3c(cc(C)c4c5c(C)cc6c7c(cc(C)c(c1c34)c75)C(=O)N(C)C6=O)C(=O)N(C)C2. The van der Waals surface area contributed by atoms with E-state index in [2.05, 4.69) is 19.9 Å². The van der Waals surface area contributed by atoms with Crippen molar-refractivity contribution < 1.29 is 14.4 Å². The second kappa shape index (κ2) is 6.16. The van der Waals surface area contributed by atoms with Gasteiger partial charge in [0.05, 0.1) is 0 Å². The standard InChI is InChI=1S/C30H24N2O3/c1-12-7-16-11-31(5)28(33)17-8-13(2)21-23-15(4)10-19-25-18(29(34)32(6)30(19)35)9-14(3)22(27(23)25)20(12)26(21)24(16)17/h7-10H,11H2,1-6H3. The number of carbonyl (C=O) groups is 3. The van der Waals surface area contributed by atoms with E-state index in [-0.39, 0.29) is 17.7 Å². The van der Waals surface area contributed by atoms with Crippen LogP contribution in [0.15, 0.2) is 24.3 Å². The van der Waals surface area contributed by atoms with Crippen LogP contribution < -0.4 is 0 Å². The third-order valence-electron chi connectivity index (χ3n) is 8.23. The fourth-order valence-corrected chi connectivity index (χ4v) is 6.82. The Kier molecular flexibility index (Phi) is 3.59. The van der Waals surface area contributed by atoms with Crippen molar-refractivity contribution in [3.05, 3.63) is 68.8 Å².